The van der Waals surface area contributed by atoms with Crippen LogP contribution in [0.15, 0.2) is 87.4 Å². The normalized spacial score (nSPS) is 12.2. The van der Waals surface area contributed by atoms with Crippen LogP contribution in [0.3, 0.4) is 0 Å². The molecule has 0 aliphatic heterocycles. The Bertz CT molecular complexity index is 1710. The van der Waals surface area contributed by atoms with Gasteiger partial charge in [-0.2, -0.15) is 10.2 Å². The van der Waals surface area contributed by atoms with E-state index in [1.807, 2.05) is 13.8 Å². The maximum absolute atomic E-state index is 14.2. The fourth-order valence-electron chi connectivity index (χ4n) is 4.63. The standard InChI is InChI=1S/C30H28FN3O4S/c1-3-5-13-27-33-29(35)28(30(36)34(27)26(4-2)22-10-8-9-20(18-22)19-32)39(37,38)23-16-14-21(15-17-23)24-11-6-7-12-25(24)31/h6-12,14-18,26,35H,3-5,13H2,1-2H3. The number of aromatic nitrogens is 2. The molecular weight excluding hydrogens is 517 g/mol. The zero-order valence-electron chi connectivity index (χ0n) is 21.6. The third-order valence-corrected chi connectivity index (χ3v) is 8.39. The first-order valence-corrected chi connectivity index (χ1v) is 14.2. The lowest BCUT2D eigenvalue weighted by Crippen LogP contribution is -2.33. The Morgan fingerprint density at radius 2 is 1.77 bits per heavy atom. The Hall–Kier alpha value is -4.29. The van der Waals surface area contributed by atoms with Gasteiger partial charge in [-0.1, -0.05) is 62.7 Å². The Morgan fingerprint density at radius 1 is 1.05 bits per heavy atom. The smallest absolute Gasteiger partial charge is 0.277 e. The van der Waals surface area contributed by atoms with E-state index in [1.54, 1.807) is 42.5 Å². The van der Waals surface area contributed by atoms with Gasteiger partial charge in [0.15, 0.2) is 4.90 Å². The number of unbranched alkanes of at least 4 members (excludes halogenated alkanes) is 1. The van der Waals surface area contributed by atoms with Gasteiger partial charge < -0.3 is 5.11 Å². The van der Waals surface area contributed by atoms with Gasteiger partial charge in [-0.25, -0.2) is 12.8 Å². The van der Waals surface area contributed by atoms with Gasteiger partial charge in [0.2, 0.25) is 15.7 Å². The highest BCUT2D eigenvalue weighted by atomic mass is 32.2. The van der Waals surface area contributed by atoms with Crippen molar-refractivity contribution in [3.8, 4) is 23.1 Å². The van der Waals surface area contributed by atoms with Crippen LogP contribution >= 0.6 is 0 Å². The van der Waals surface area contributed by atoms with E-state index < -0.39 is 38.0 Å². The predicted molar refractivity (Wildman–Crippen MR) is 146 cm³/mol. The molecule has 4 rings (SSSR count). The molecule has 0 spiro atoms. The highest BCUT2D eigenvalue weighted by Gasteiger charge is 2.31. The van der Waals surface area contributed by atoms with Crippen LogP contribution in [0.5, 0.6) is 5.88 Å². The molecule has 1 unspecified atom stereocenters. The van der Waals surface area contributed by atoms with Crippen LogP contribution in [0.2, 0.25) is 0 Å². The quantitative estimate of drug-likeness (QED) is 0.284. The summed E-state index contributed by atoms with van der Waals surface area (Å²) in [6, 6.07) is 19.8. The van der Waals surface area contributed by atoms with E-state index in [9.17, 15) is 28.0 Å². The van der Waals surface area contributed by atoms with E-state index in [1.165, 1.54) is 34.9 Å². The Labute approximate surface area is 226 Å². The fourth-order valence-corrected chi connectivity index (χ4v) is 5.97. The largest absolute Gasteiger partial charge is 0.492 e. The van der Waals surface area contributed by atoms with E-state index in [0.717, 1.165) is 6.42 Å². The number of nitrogens with zero attached hydrogens (tertiary/aromatic N) is 3. The van der Waals surface area contributed by atoms with E-state index >= 15 is 0 Å². The summed E-state index contributed by atoms with van der Waals surface area (Å²) in [7, 11) is -4.50. The average Bonchev–Trinajstić information content (AvgIpc) is 2.94. The first-order chi connectivity index (χ1) is 18.7. The summed E-state index contributed by atoms with van der Waals surface area (Å²) in [6.45, 7) is 3.82. The lowest BCUT2D eigenvalue weighted by molar-refractivity contribution is 0.406. The molecule has 1 heterocycles. The summed E-state index contributed by atoms with van der Waals surface area (Å²) in [5.41, 5.74) is 0.940. The van der Waals surface area contributed by atoms with Crippen LogP contribution in [0.1, 0.15) is 56.1 Å². The zero-order chi connectivity index (χ0) is 28.2. The minimum atomic E-state index is -4.50. The van der Waals surface area contributed by atoms with Crippen molar-refractivity contribution in [1.82, 2.24) is 9.55 Å². The van der Waals surface area contributed by atoms with Crippen LogP contribution in [-0.2, 0) is 16.3 Å². The number of benzene rings is 3. The van der Waals surface area contributed by atoms with Crippen molar-refractivity contribution in [2.75, 3.05) is 0 Å². The lowest BCUT2D eigenvalue weighted by atomic mass is 10.0. The molecule has 0 fully saturated rings. The predicted octanol–water partition coefficient (Wildman–Crippen LogP) is 5.80. The molecule has 0 amide bonds. The molecule has 200 valence electrons. The van der Waals surface area contributed by atoms with E-state index in [2.05, 4.69) is 11.1 Å². The number of nitriles is 1. The molecule has 9 heteroatoms. The van der Waals surface area contributed by atoms with Crippen molar-refractivity contribution in [2.24, 2.45) is 0 Å². The summed E-state index contributed by atoms with van der Waals surface area (Å²) in [4.78, 5) is 17.1. The van der Waals surface area contributed by atoms with Crippen molar-refractivity contribution in [3.63, 3.8) is 0 Å². The Kier molecular flexibility index (Phi) is 8.27. The maximum Gasteiger partial charge on any atom is 0.277 e. The number of halogens is 1. The minimum absolute atomic E-state index is 0.232. The van der Waals surface area contributed by atoms with Crippen LogP contribution in [0.25, 0.3) is 11.1 Å². The molecular formula is C30H28FN3O4S. The molecule has 4 aromatic rings. The third kappa shape index (κ3) is 5.47. The minimum Gasteiger partial charge on any atom is -0.492 e. The monoisotopic (exact) mass is 545 g/mol. The van der Waals surface area contributed by atoms with Gasteiger partial charge >= 0.3 is 0 Å². The van der Waals surface area contributed by atoms with Crippen molar-refractivity contribution in [2.45, 2.75) is 55.4 Å². The Morgan fingerprint density at radius 3 is 2.41 bits per heavy atom. The molecule has 1 N–H and O–H groups in total. The summed E-state index contributed by atoms with van der Waals surface area (Å²) in [5, 5.41) is 20.1. The molecule has 0 aliphatic carbocycles. The molecule has 0 bridgehead atoms. The second-order valence-electron chi connectivity index (χ2n) is 9.13. The van der Waals surface area contributed by atoms with E-state index in [-0.39, 0.29) is 10.7 Å². The topological polar surface area (TPSA) is 113 Å². The summed E-state index contributed by atoms with van der Waals surface area (Å²) in [6.07, 6.45) is 2.23. The third-order valence-electron chi connectivity index (χ3n) is 6.60. The van der Waals surface area contributed by atoms with Gasteiger partial charge in [-0.3, -0.25) is 9.36 Å². The van der Waals surface area contributed by atoms with Crippen LogP contribution in [-0.4, -0.2) is 23.1 Å². The van der Waals surface area contributed by atoms with E-state index in [0.29, 0.717) is 41.5 Å². The second kappa shape index (κ2) is 11.6. The van der Waals surface area contributed by atoms with Crippen molar-refractivity contribution < 1.29 is 17.9 Å². The molecule has 0 radical (unpaired) electrons. The molecule has 3 aromatic carbocycles. The molecule has 39 heavy (non-hydrogen) atoms. The molecule has 0 aliphatic rings. The fraction of sp³-hybridized carbons (Fsp3) is 0.233. The van der Waals surface area contributed by atoms with Gasteiger partial charge in [-0.05, 0) is 54.3 Å². The number of aryl methyl sites for hydroxylation is 1. The second-order valence-corrected chi connectivity index (χ2v) is 11.0. The van der Waals surface area contributed by atoms with Crippen LogP contribution in [0, 0.1) is 17.1 Å². The SMILES string of the molecule is CCCCc1nc(O)c(S(=O)(=O)c2ccc(-c3ccccc3F)cc2)c(=O)n1C(CC)c1cccc(C#N)c1. The molecule has 7 nitrogen and oxygen atoms in total. The van der Waals surface area contributed by atoms with Gasteiger partial charge in [0, 0.05) is 12.0 Å². The molecule has 0 saturated heterocycles. The number of sulfone groups is 1. The molecule has 1 atom stereocenters. The average molecular weight is 546 g/mol. The maximum atomic E-state index is 14.2. The van der Waals surface area contributed by atoms with E-state index in [4.69, 9.17) is 0 Å². The van der Waals surface area contributed by atoms with Gasteiger partial charge in [-0.15, -0.1) is 0 Å². The highest BCUT2D eigenvalue weighted by Crippen LogP contribution is 2.30. The summed E-state index contributed by atoms with van der Waals surface area (Å²) < 4.78 is 42.9. The summed E-state index contributed by atoms with van der Waals surface area (Å²) >= 11 is 0. The number of rotatable bonds is 9. The first-order valence-electron chi connectivity index (χ1n) is 12.7. The number of aromatic hydroxyl groups is 1. The first kappa shape index (κ1) is 27.7. The zero-order valence-corrected chi connectivity index (χ0v) is 22.5. The Balaban J connectivity index is 1.88. The van der Waals surface area contributed by atoms with Crippen molar-refractivity contribution >= 4 is 9.84 Å². The summed E-state index contributed by atoms with van der Waals surface area (Å²) in [5.74, 6) is -1.05. The number of hydrogen-bond donors (Lipinski definition) is 1. The highest BCUT2D eigenvalue weighted by molar-refractivity contribution is 7.91. The van der Waals surface area contributed by atoms with Crippen molar-refractivity contribution in [1.29, 1.82) is 5.26 Å². The van der Waals surface area contributed by atoms with Gasteiger partial charge in [0.1, 0.15) is 11.6 Å². The van der Waals surface area contributed by atoms with Gasteiger partial charge in [0.25, 0.3) is 5.56 Å². The van der Waals surface area contributed by atoms with Crippen LogP contribution in [0.4, 0.5) is 4.39 Å². The van der Waals surface area contributed by atoms with Crippen molar-refractivity contribution in [3.05, 3.63) is 106 Å². The number of hydrogen-bond acceptors (Lipinski definition) is 6. The molecule has 1 aromatic heterocycles. The lowest BCUT2D eigenvalue weighted by Gasteiger charge is -2.23. The van der Waals surface area contributed by atoms with Crippen LogP contribution < -0.4 is 5.56 Å². The molecule has 0 saturated carbocycles. The van der Waals surface area contributed by atoms with Gasteiger partial charge in [0.05, 0.1) is 22.6 Å².